The normalized spacial score (nSPS) is 21.9. The number of hydrogen-bond acceptors (Lipinski definition) is 1. The van der Waals surface area contributed by atoms with E-state index in [1.54, 1.807) is 5.32 Å². The zero-order chi connectivity index (χ0) is 14.0. The van der Waals surface area contributed by atoms with Gasteiger partial charge in [-0.05, 0) is 12.8 Å². The summed E-state index contributed by atoms with van der Waals surface area (Å²) in [4.78, 5) is 12.0. The Kier molecular flexibility index (Phi) is 4.33. The van der Waals surface area contributed by atoms with Gasteiger partial charge in [-0.3, -0.25) is 0 Å². The Balaban J connectivity index is 2.49. The molecule has 0 aromatic heterocycles. The van der Waals surface area contributed by atoms with Gasteiger partial charge >= 0.3 is 18.4 Å². The van der Waals surface area contributed by atoms with Gasteiger partial charge in [0.15, 0.2) is 0 Å². The average Bonchev–Trinajstić information content (AvgIpc) is 2.24. The van der Waals surface area contributed by atoms with Gasteiger partial charge in [-0.15, -0.1) is 0 Å². The van der Waals surface area contributed by atoms with Gasteiger partial charge in [0.05, 0.1) is 5.92 Å². The number of urea groups is 1. The van der Waals surface area contributed by atoms with Crippen molar-refractivity contribution in [1.29, 1.82) is 0 Å². The molecule has 18 heavy (non-hydrogen) atoms. The maximum absolute atomic E-state index is 12.4. The summed E-state index contributed by atoms with van der Waals surface area (Å²) in [6, 6.07) is -1.11. The molecule has 0 saturated carbocycles. The van der Waals surface area contributed by atoms with E-state index in [1.165, 1.54) is 0 Å². The third-order valence-electron chi connectivity index (χ3n) is 2.61. The van der Waals surface area contributed by atoms with Crippen molar-refractivity contribution in [2.24, 2.45) is 5.92 Å². The first-order valence-corrected chi connectivity index (χ1v) is 5.26. The minimum Gasteiger partial charge on any atom is -0.329 e. The van der Waals surface area contributed by atoms with E-state index >= 15 is 0 Å². The van der Waals surface area contributed by atoms with E-state index in [4.69, 9.17) is 0 Å². The van der Waals surface area contributed by atoms with Crippen molar-refractivity contribution in [2.45, 2.75) is 25.2 Å². The van der Waals surface area contributed by atoms with Crippen LogP contribution >= 0.6 is 0 Å². The van der Waals surface area contributed by atoms with Crippen molar-refractivity contribution in [3.8, 4) is 0 Å². The first-order valence-electron chi connectivity index (χ1n) is 5.26. The van der Waals surface area contributed by atoms with Crippen molar-refractivity contribution in [1.82, 2.24) is 10.2 Å². The summed E-state index contributed by atoms with van der Waals surface area (Å²) in [5.41, 5.74) is 0. The molecule has 0 bridgehead atoms. The summed E-state index contributed by atoms with van der Waals surface area (Å²) in [6.45, 7) is -2.09. The molecule has 0 aromatic rings. The second kappa shape index (κ2) is 5.23. The number of alkyl halides is 6. The van der Waals surface area contributed by atoms with Crippen LogP contribution in [0.15, 0.2) is 0 Å². The van der Waals surface area contributed by atoms with E-state index in [9.17, 15) is 31.1 Å². The number of piperidine rings is 1. The lowest BCUT2D eigenvalue weighted by Crippen LogP contribution is -2.50. The fraction of sp³-hybridized carbons (Fsp3) is 0.889. The first kappa shape index (κ1) is 14.9. The number of nitrogens with one attached hydrogen (secondary N) is 1. The molecule has 1 heterocycles. The summed E-state index contributed by atoms with van der Waals surface area (Å²) >= 11 is 0. The summed E-state index contributed by atoms with van der Waals surface area (Å²) in [5, 5.41) is 1.56. The molecule has 1 aliphatic rings. The van der Waals surface area contributed by atoms with Crippen molar-refractivity contribution in [3.63, 3.8) is 0 Å². The Bertz CT molecular complexity index is 300. The lowest BCUT2D eigenvalue weighted by molar-refractivity contribution is -0.184. The van der Waals surface area contributed by atoms with Gasteiger partial charge in [-0.25, -0.2) is 4.79 Å². The van der Waals surface area contributed by atoms with Gasteiger partial charge in [-0.1, -0.05) is 0 Å². The molecule has 3 nitrogen and oxygen atoms in total. The Morgan fingerprint density at radius 1 is 1.22 bits per heavy atom. The summed E-state index contributed by atoms with van der Waals surface area (Å²) < 4.78 is 72.8. The number of amides is 2. The maximum Gasteiger partial charge on any atom is 0.405 e. The van der Waals surface area contributed by atoms with Crippen LogP contribution in [0.4, 0.5) is 31.1 Å². The molecule has 1 aliphatic heterocycles. The minimum atomic E-state index is -4.57. The molecule has 1 atom stereocenters. The predicted molar refractivity (Wildman–Crippen MR) is 49.8 cm³/mol. The van der Waals surface area contributed by atoms with Crippen LogP contribution in [0.25, 0.3) is 0 Å². The number of hydrogen-bond donors (Lipinski definition) is 1. The zero-order valence-electron chi connectivity index (χ0n) is 9.24. The van der Waals surface area contributed by atoms with Crippen molar-refractivity contribution < 1.29 is 31.1 Å². The number of halogens is 6. The first-order chi connectivity index (χ1) is 8.09. The van der Waals surface area contributed by atoms with Crippen LogP contribution in [0.3, 0.4) is 0 Å². The second-order valence-corrected chi connectivity index (χ2v) is 4.10. The highest BCUT2D eigenvalue weighted by atomic mass is 19.4. The monoisotopic (exact) mass is 278 g/mol. The third-order valence-corrected chi connectivity index (χ3v) is 2.61. The van der Waals surface area contributed by atoms with Gasteiger partial charge in [0.1, 0.15) is 6.54 Å². The van der Waals surface area contributed by atoms with E-state index in [0.29, 0.717) is 0 Å². The van der Waals surface area contributed by atoms with Crippen LogP contribution in [0, 0.1) is 5.92 Å². The average molecular weight is 278 g/mol. The van der Waals surface area contributed by atoms with E-state index < -0.39 is 37.4 Å². The van der Waals surface area contributed by atoms with E-state index in [-0.39, 0.29) is 19.4 Å². The van der Waals surface area contributed by atoms with Gasteiger partial charge in [-0.2, -0.15) is 26.3 Å². The molecule has 1 rings (SSSR count). The maximum atomic E-state index is 12.4. The van der Waals surface area contributed by atoms with Crippen LogP contribution in [-0.4, -0.2) is 42.9 Å². The molecule has 0 spiro atoms. The van der Waals surface area contributed by atoms with Crippen molar-refractivity contribution in [2.75, 3.05) is 19.6 Å². The van der Waals surface area contributed by atoms with E-state index in [1.807, 2.05) is 0 Å². The smallest absolute Gasteiger partial charge is 0.329 e. The summed E-state index contributed by atoms with van der Waals surface area (Å²) in [6.07, 6.45) is -8.98. The van der Waals surface area contributed by atoms with Gasteiger partial charge in [0.2, 0.25) is 0 Å². The Morgan fingerprint density at radius 3 is 2.33 bits per heavy atom. The summed E-state index contributed by atoms with van der Waals surface area (Å²) in [5.74, 6) is -1.66. The third kappa shape index (κ3) is 4.61. The fourth-order valence-electron chi connectivity index (χ4n) is 1.72. The van der Waals surface area contributed by atoms with Crippen LogP contribution in [0.2, 0.25) is 0 Å². The molecule has 1 fully saturated rings. The molecular formula is C9H12F6N2O. The van der Waals surface area contributed by atoms with E-state index in [0.717, 1.165) is 4.90 Å². The highest BCUT2D eigenvalue weighted by Gasteiger charge is 2.43. The topological polar surface area (TPSA) is 32.3 Å². The molecule has 1 unspecified atom stereocenters. The molecule has 1 N–H and O–H groups in total. The Labute approximate surface area is 99.1 Å². The lowest BCUT2D eigenvalue weighted by atomic mass is 9.98. The highest BCUT2D eigenvalue weighted by molar-refractivity contribution is 5.74. The van der Waals surface area contributed by atoms with Crippen molar-refractivity contribution >= 4 is 6.03 Å². The number of likely N-dealkylation sites (tertiary alicyclic amines) is 1. The molecule has 0 aliphatic carbocycles. The number of carbonyl (C=O) groups is 1. The second-order valence-electron chi connectivity index (χ2n) is 4.10. The zero-order valence-corrected chi connectivity index (χ0v) is 9.24. The molecule has 9 heteroatoms. The minimum absolute atomic E-state index is 0.0380. The van der Waals surface area contributed by atoms with Gasteiger partial charge in [0.25, 0.3) is 0 Å². The van der Waals surface area contributed by atoms with Crippen LogP contribution < -0.4 is 5.32 Å². The number of carbonyl (C=O) groups excluding carboxylic acids is 1. The molecule has 0 radical (unpaired) electrons. The standard InChI is InChI=1S/C9H12F6N2O/c10-8(11,12)5-16-7(18)17-3-1-2-6(4-17)9(13,14)15/h6H,1-5H2,(H,16,18). The van der Waals surface area contributed by atoms with Crippen LogP contribution in [0.5, 0.6) is 0 Å². The Morgan fingerprint density at radius 2 is 1.83 bits per heavy atom. The number of rotatable bonds is 1. The SMILES string of the molecule is O=C(NCC(F)(F)F)N1CCCC(C(F)(F)F)C1. The Hall–Kier alpha value is -1.15. The lowest BCUT2D eigenvalue weighted by Gasteiger charge is -2.33. The van der Waals surface area contributed by atoms with Gasteiger partial charge < -0.3 is 10.2 Å². The molecular weight excluding hydrogens is 266 g/mol. The number of nitrogens with zero attached hydrogens (tertiary/aromatic N) is 1. The molecule has 106 valence electrons. The molecule has 2 amide bonds. The molecule has 1 saturated heterocycles. The van der Waals surface area contributed by atoms with Crippen LogP contribution in [-0.2, 0) is 0 Å². The molecule has 0 aromatic carbocycles. The quantitative estimate of drug-likeness (QED) is 0.734. The highest BCUT2D eigenvalue weighted by Crippen LogP contribution is 2.33. The van der Waals surface area contributed by atoms with Crippen molar-refractivity contribution in [3.05, 3.63) is 0 Å². The van der Waals surface area contributed by atoms with Gasteiger partial charge in [0, 0.05) is 13.1 Å². The van der Waals surface area contributed by atoms with E-state index in [2.05, 4.69) is 0 Å². The largest absolute Gasteiger partial charge is 0.405 e. The fourth-order valence-corrected chi connectivity index (χ4v) is 1.72. The predicted octanol–water partition coefficient (Wildman–Crippen LogP) is 2.53. The van der Waals surface area contributed by atoms with Crippen LogP contribution in [0.1, 0.15) is 12.8 Å². The summed E-state index contributed by atoms with van der Waals surface area (Å²) in [7, 11) is 0.